The average molecular weight is 360 g/mol. The van der Waals surface area contributed by atoms with Crippen LogP contribution in [-0.2, 0) is 4.74 Å². The number of nitrogens with zero attached hydrogens (tertiary/aromatic N) is 4. The monoisotopic (exact) mass is 360 g/mol. The summed E-state index contributed by atoms with van der Waals surface area (Å²) in [6.07, 6.45) is 5.80. The van der Waals surface area contributed by atoms with Gasteiger partial charge in [-0.15, -0.1) is 21.5 Å². The smallest absolute Gasteiger partial charge is 0.311 e. The molecule has 4 heterocycles. The first-order valence-electron chi connectivity index (χ1n) is 8.88. The molecule has 0 bridgehead atoms. The minimum absolute atomic E-state index is 0.0780. The number of ether oxygens (including phenoxy) is 1. The first-order valence-corrected chi connectivity index (χ1v) is 9.82. The second-order valence-corrected chi connectivity index (χ2v) is 8.05. The van der Waals surface area contributed by atoms with Crippen molar-refractivity contribution in [2.24, 2.45) is 11.3 Å². The number of likely N-dealkylation sites (tertiary alicyclic amines) is 1. The summed E-state index contributed by atoms with van der Waals surface area (Å²) >= 11 is 1.46. The molecule has 1 atom stereocenters. The van der Waals surface area contributed by atoms with E-state index in [9.17, 15) is 4.79 Å². The van der Waals surface area contributed by atoms with E-state index in [-0.39, 0.29) is 11.8 Å². The first kappa shape index (κ1) is 15.5. The highest BCUT2D eigenvalue weighted by molar-refractivity contribution is 7.07. The van der Waals surface area contributed by atoms with Crippen LogP contribution in [0.15, 0.2) is 15.3 Å². The summed E-state index contributed by atoms with van der Waals surface area (Å²) < 4.78 is 11.1. The molecule has 1 spiro atoms. The molecule has 1 amide bonds. The molecule has 0 radical (unpaired) electrons. The molecule has 0 N–H and O–H groups in total. The van der Waals surface area contributed by atoms with Gasteiger partial charge in [0.1, 0.15) is 5.69 Å². The van der Waals surface area contributed by atoms with Gasteiger partial charge in [-0.2, -0.15) is 0 Å². The molecule has 5 rings (SSSR count). The van der Waals surface area contributed by atoms with Crippen molar-refractivity contribution in [3.05, 3.63) is 16.8 Å². The summed E-state index contributed by atoms with van der Waals surface area (Å²) in [4.78, 5) is 19.1. The lowest BCUT2D eigenvalue weighted by Crippen LogP contribution is -2.71. The van der Waals surface area contributed by atoms with Crippen molar-refractivity contribution >= 4 is 17.2 Å². The summed E-state index contributed by atoms with van der Waals surface area (Å²) in [6.45, 7) is 2.42. The molecule has 8 heteroatoms. The highest BCUT2D eigenvalue weighted by Gasteiger charge is 2.60. The van der Waals surface area contributed by atoms with Crippen molar-refractivity contribution in [3.63, 3.8) is 0 Å². The van der Waals surface area contributed by atoms with Crippen molar-refractivity contribution in [3.8, 4) is 11.6 Å². The normalized spacial score (nSPS) is 25.6. The largest absolute Gasteiger partial charge is 0.411 e. The molecule has 25 heavy (non-hydrogen) atoms. The van der Waals surface area contributed by atoms with Gasteiger partial charge in [-0.05, 0) is 31.6 Å². The first-order chi connectivity index (χ1) is 12.3. The molecule has 2 aromatic rings. The van der Waals surface area contributed by atoms with Crippen LogP contribution in [-0.4, -0.2) is 51.8 Å². The van der Waals surface area contributed by atoms with Gasteiger partial charge in [0, 0.05) is 36.6 Å². The fourth-order valence-electron chi connectivity index (χ4n) is 4.67. The van der Waals surface area contributed by atoms with Crippen molar-refractivity contribution in [1.29, 1.82) is 0 Å². The van der Waals surface area contributed by atoms with Gasteiger partial charge in [-0.25, -0.2) is 4.98 Å². The van der Waals surface area contributed by atoms with Gasteiger partial charge < -0.3 is 14.1 Å². The molecule has 0 aromatic carbocycles. The van der Waals surface area contributed by atoms with Gasteiger partial charge in [-0.1, -0.05) is 6.42 Å². The number of amides is 1. The lowest BCUT2D eigenvalue weighted by atomic mass is 9.54. The molecule has 1 unspecified atom stereocenters. The predicted molar refractivity (Wildman–Crippen MR) is 90.1 cm³/mol. The zero-order valence-corrected chi connectivity index (χ0v) is 14.7. The second-order valence-electron chi connectivity index (χ2n) is 7.33. The molecule has 2 aliphatic heterocycles. The van der Waals surface area contributed by atoms with Gasteiger partial charge in [0.05, 0.1) is 5.51 Å². The van der Waals surface area contributed by atoms with Crippen LogP contribution in [0.1, 0.15) is 42.8 Å². The van der Waals surface area contributed by atoms with E-state index in [0.717, 1.165) is 32.6 Å². The number of hydrogen-bond acceptors (Lipinski definition) is 7. The summed E-state index contributed by atoms with van der Waals surface area (Å²) in [5.41, 5.74) is 2.66. The highest BCUT2D eigenvalue weighted by atomic mass is 32.1. The van der Waals surface area contributed by atoms with E-state index in [1.165, 1.54) is 30.6 Å². The second kappa shape index (κ2) is 5.88. The zero-order valence-electron chi connectivity index (χ0n) is 13.9. The number of hydrogen-bond donors (Lipinski definition) is 0. The van der Waals surface area contributed by atoms with Crippen LogP contribution in [0.5, 0.6) is 0 Å². The maximum atomic E-state index is 13.0. The van der Waals surface area contributed by atoms with Crippen molar-refractivity contribution < 1.29 is 13.9 Å². The van der Waals surface area contributed by atoms with Crippen LogP contribution in [0.3, 0.4) is 0 Å². The Morgan fingerprint density at radius 1 is 1.28 bits per heavy atom. The lowest BCUT2D eigenvalue weighted by Gasteiger charge is -2.64. The van der Waals surface area contributed by atoms with Crippen LogP contribution in [0, 0.1) is 11.3 Å². The van der Waals surface area contributed by atoms with E-state index in [2.05, 4.69) is 15.2 Å². The lowest BCUT2D eigenvalue weighted by molar-refractivity contribution is -0.141. The van der Waals surface area contributed by atoms with Crippen LogP contribution in [0.2, 0.25) is 0 Å². The van der Waals surface area contributed by atoms with E-state index in [0.29, 0.717) is 29.0 Å². The summed E-state index contributed by atoms with van der Waals surface area (Å²) in [5, 5.41) is 9.80. The molecule has 3 fully saturated rings. The van der Waals surface area contributed by atoms with E-state index in [1.54, 1.807) is 5.51 Å². The molecule has 132 valence electrons. The van der Waals surface area contributed by atoms with E-state index in [4.69, 9.17) is 9.15 Å². The maximum absolute atomic E-state index is 13.0. The van der Waals surface area contributed by atoms with Gasteiger partial charge in [0.25, 0.3) is 5.89 Å². The Balaban J connectivity index is 1.37. The fraction of sp³-hybridized carbons (Fsp3) is 0.647. The number of thiazole rings is 1. The number of rotatable bonds is 3. The standard InChI is InChI=1S/C17H20N4O3S/c22-16(15-20-19-14(24-15)12-8-25-10-18-12)21-9-17(4-1-5-17)13(21)11-2-6-23-7-3-11/h8,10-11,13H,1-7,9H2. The van der Waals surface area contributed by atoms with E-state index < -0.39 is 0 Å². The molecule has 2 aromatic heterocycles. The Morgan fingerprint density at radius 2 is 2.12 bits per heavy atom. The molecule has 1 saturated carbocycles. The van der Waals surface area contributed by atoms with Crippen LogP contribution in [0.4, 0.5) is 0 Å². The number of carbonyl (C=O) groups excluding carboxylic acids is 1. The van der Waals surface area contributed by atoms with E-state index >= 15 is 0 Å². The van der Waals surface area contributed by atoms with E-state index in [1.807, 2.05) is 10.3 Å². The van der Waals surface area contributed by atoms with Crippen molar-refractivity contribution in [2.45, 2.75) is 38.1 Å². The Hall–Kier alpha value is -1.80. The molecular weight excluding hydrogens is 340 g/mol. The van der Waals surface area contributed by atoms with Gasteiger partial charge in [0.2, 0.25) is 0 Å². The average Bonchev–Trinajstić information content (AvgIpc) is 3.25. The molecule has 1 aliphatic carbocycles. The van der Waals surface area contributed by atoms with Crippen LogP contribution < -0.4 is 0 Å². The Morgan fingerprint density at radius 3 is 2.80 bits per heavy atom. The maximum Gasteiger partial charge on any atom is 0.311 e. The van der Waals surface area contributed by atoms with Gasteiger partial charge >= 0.3 is 11.8 Å². The fourth-order valence-corrected chi connectivity index (χ4v) is 5.20. The van der Waals surface area contributed by atoms with Gasteiger partial charge in [0.15, 0.2) is 0 Å². The third-order valence-electron chi connectivity index (χ3n) is 6.03. The quantitative estimate of drug-likeness (QED) is 0.837. The summed E-state index contributed by atoms with van der Waals surface area (Å²) in [7, 11) is 0. The Kier molecular flexibility index (Phi) is 3.63. The minimum atomic E-state index is -0.136. The minimum Gasteiger partial charge on any atom is -0.411 e. The highest BCUT2D eigenvalue weighted by Crippen LogP contribution is 2.56. The molecular formula is C17H20N4O3S. The third kappa shape index (κ3) is 2.42. The molecule has 2 saturated heterocycles. The third-order valence-corrected chi connectivity index (χ3v) is 6.62. The number of carbonyl (C=O) groups is 1. The predicted octanol–water partition coefficient (Wildman–Crippen LogP) is 2.61. The Labute approximate surface area is 149 Å². The topological polar surface area (TPSA) is 81.3 Å². The summed E-state index contributed by atoms with van der Waals surface area (Å²) in [5.74, 6) is 0.774. The Bertz CT molecular complexity index is 765. The van der Waals surface area contributed by atoms with Crippen molar-refractivity contribution in [2.75, 3.05) is 19.8 Å². The SMILES string of the molecule is O=C(c1nnc(-c2cscn2)o1)N1CC2(CCC2)C1C1CCOCC1. The molecule has 3 aliphatic rings. The van der Waals surface area contributed by atoms with Crippen LogP contribution in [0.25, 0.3) is 11.6 Å². The summed E-state index contributed by atoms with van der Waals surface area (Å²) in [6, 6.07) is 0.298. The van der Waals surface area contributed by atoms with Crippen molar-refractivity contribution in [1.82, 2.24) is 20.1 Å². The zero-order chi connectivity index (χ0) is 16.9. The number of aromatic nitrogens is 3. The van der Waals surface area contributed by atoms with Gasteiger partial charge in [-0.3, -0.25) is 4.79 Å². The van der Waals surface area contributed by atoms with Crippen LogP contribution >= 0.6 is 11.3 Å². The molecule has 7 nitrogen and oxygen atoms in total.